The van der Waals surface area contributed by atoms with E-state index in [1.807, 2.05) is 20.8 Å². The highest BCUT2D eigenvalue weighted by Crippen LogP contribution is 2.19. The van der Waals surface area contributed by atoms with Crippen molar-refractivity contribution in [1.82, 2.24) is 5.32 Å². The third kappa shape index (κ3) is 4.78. The van der Waals surface area contributed by atoms with Crippen LogP contribution < -0.4 is 5.32 Å². The van der Waals surface area contributed by atoms with E-state index in [0.717, 1.165) is 6.42 Å². The van der Waals surface area contributed by atoms with Crippen LogP contribution >= 0.6 is 0 Å². The summed E-state index contributed by atoms with van der Waals surface area (Å²) >= 11 is 0. The van der Waals surface area contributed by atoms with Gasteiger partial charge in [0.25, 0.3) is 5.69 Å². The molecule has 0 aliphatic carbocycles. The van der Waals surface area contributed by atoms with Crippen molar-refractivity contribution in [3.05, 3.63) is 34.4 Å². The summed E-state index contributed by atoms with van der Waals surface area (Å²) in [6, 6.07) is 4.91. The molecule has 0 spiro atoms. The topological polar surface area (TPSA) is 89.3 Å². The first kappa shape index (κ1) is 17.6. The molecule has 0 aromatic heterocycles. The van der Waals surface area contributed by atoms with Crippen molar-refractivity contribution < 1.29 is 13.3 Å². The van der Waals surface area contributed by atoms with Crippen LogP contribution in [0.2, 0.25) is 0 Å². The van der Waals surface area contributed by atoms with Gasteiger partial charge in [0.15, 0.2) is 9.84 Å². The Morgan fingerprint density at radius 2 is 1.81 bits per heavy atom. The molecule has 2 unspecified atom stereocenters. The minimum Gasteiger partial charge on any atom is -0.313 e. The summed E-state index contributed by atoms with van der Waals surface area (Å²) in [6.07, 6.45) is 0.882. The van der Waals surface area contributed by atoms with E-state index in [1.165, 1.54) is 24.3 Å². The fraction of sp³-hybridized carbons (Fsp3) is 0.571. The molecule has 1 aromatic rings. The molecule has 1 N–H and O–H groups in total. The van der Waals surface area contributed by atoms with Gasteiger partial charge < -0.3 is 5.32 Å². The van der Waals surface area contributed by atoms with Gasteiger partial charge in [0, 0.05) is 18.2 Å². The summed E-state index contributed by atoms with van der Waals surface area (Å²) in [5, 5.41) is 13.8. The smallest absolute Gasteiger partial charge is 0.269 e. The Labute approximate surface area is 125 Å². The molecule has 0 bridgehead atoms. The van der Waals surface area contributed by atoms with E-state index in [2.05, 4.69) is 5.32 Å². The van der Waals surface area contributed by atoms with E-state index in [4.69, 9.17) is 0 Å². The highest BCUT2D eigenvalue weighted by atomic mass is 32.2. The lowest BCUT2D eigenvalue weighted by atomic mass is 10.0. The third-order valence-electron chi connectivity index (χ3n) is 3.60. The first-order valence-corrected chi connectivity index (χ1v) is 8.67. The summed E-state index contributed by atoms with van der Waals surface area (Å²) in [5.41, 5.74) is -0.112. The fourth-order valence-corrected chi connectivity index (χ4v) is 3.74. The molecular weight excluding hydrogens is 292 g/mol. The van der Waals surface area contributed by atoms with Crippen LogP contribution in [0.15, 0.2) is 29.2 Å². The number of nitrogens with zero attached hydrogens (tertiary/aromatic N) is 1. The monoisotopic (exact) mass is 314 g/mol. The van der Waals surface area contributed by atoms with Crippen LogP contribution in [0.1, 0.15) is 27.2 Å². The van der Waals surface area contributed by atoms with E-state index < -0.39 is 14.8 Å². The van der Waals surface area contributed by atoms with Crippen molar-refractivity contribution in [1.29, 1.82) is 0 Å². The lowest BCUT2D eigenvalue weighted by Gasteiger charge is -2.23. The zero-order valence-electron chi connectivity index (χ0n) is 12.6. The Bertz CT molecular complexity index is 569. The molecule has 1 rings (SSSR count). The van der Waals surface area contributed by atoms with Gasteiger partial charge in [-0.15, -0.1) is 0 Å². The van der Waals surface area contributed by atoms with Crippen molar-refractivity contribution in [3.63, 3.8) is 0 Å². The van der Waals surface area contributed by atoms with Gasteiger partial charge in [0.1, 0.15) is 0 Å². The lowest BCUT2D eigenvalue weighted by molar-refractivity contribution is -0.384. The van der Waals surface area contributed by atoms with Crippen LogP contribution in [0.25, 0.3) is 0 Å². The quantitative estimate of drug-likeness (QED) is 0.588. The molecular formula is C14H22N2O4S. The maximum atomic E-state index is 12.4. The summed E-state index contributed by atoms with van der Waals surface area (Å²) in [6.45, 7) is 6.67. The molecule has 0 radical (unpaired) electrons. The second kappa shape index (κ2) is 7.51. The average molecular weight is 314 g/mol. The molecule has 6 nitrogen and oxygen atoms in total. The normalized spacial score (nSPS) is 14.6. The van der Waals surface area contributed by atoms with Crippen LogP contribution in [-0.4, -0.2) is 31.7 Å². The molecule has 0 amide bonds. The predicted octanol–water partition coefficient (Wildman–Crippen LogP) is 2.39. The number of benzene rings is 1. The number of hydrogen-bond acceptors (Lipinski definition) is 5. The number of nitro benzene ring substituents is 1. The molecule has 7 heteroatoms. The van der Waals surface area contributed by atoms with Crippen LogP contribution in [0.3, 0.4) is 0 Å². The second-order valence-corrected chi connectivity index (χ2v) is 7.12. The van der Waals surface area contributed by atoms with Crippen LogP contribution in [0.4, 0.5) is 5.69 Å². The van der Waals surface area contributed by atoms with E-state index in [0.29, 0.717) is 6.54 Å². The van der Waals surface area contributed by atoms with E-state index in [1.54, 1.807) is 0 Å². The molecule has 0 saturated heterocycles. The number of nitrogens with one attached hydrogen (secondary N) is 1. The Morgan fingerprint density at radius 3 is 2.24 bits per heavy atom. The van der Waals surface area contributed by atoms with Crippen LogP contribution in [-0.2, 0) is 9.84 Å². The molecule has 0 heterocycles. The lowest BCUT2D eigenvalue weighted by Crippen LogP contribution is -2.40. The minimum absolute atomic E-state index is 0.00629. The Hall–Kier alpha value is -1.47. The van der Waals surface area contributed by atoms with Gasteiger partial charge in [-0.1, -0.05) is 27.2 Å². The van der Waals surface area contributed by atoms with E-state index >= 15 is 0 Å². The first-order chi connectivity index (χ1) is 9.81. The summed E-state index contributed by atoms with van der Waals surface area (Å²) in [5.74, 6) is 0.228. The summed E-state index contributed by atoms with van der Waals surface area (Å²) < 4.78 is 24.8. The maximum Gasteiger partial charge on any atom is 0.269 e. The van der Waals surface area contributed by atoms with E-state index in [9.17, 15) is 18.5 Å². The van der Waals surface area contributed by atoms with Gasteiger partial charge >= 0.3 is 0 Å². The highest BCUT2D eigenvalue weighted by Gasteiger charge is 2.24. The SMILES string of the molecule is CCNC(CS(=O)(=O)c1ccc([N+](=O)[O-])cc1)C(C)CC. The molecule has 0 saturated carbocycles. The molecule has 118 valence electrons. The number of hydrogen-bond donors (Lipinski definition) is 1. The summed E-state index contributed by atoms with van der Waals surface area (Å²) in [4.78, 5) is 10.2. The van der Waals surface area contributed by atoms with Gasteiger partial charge in [-0.25, -0.2) is 8.42 Å². The molecule has 21 heavy (non-hydrogen) atoms. The van der Waals surface area contributed by atoms with Crippen LogP contribution in [0.5, 0.6) is 0 Å². The number of rotatable bonds is 8. The van der Waals surface area contributed by atoms with Gasteiger partial charge in [0.05, 0.1) is 15.6 Å². The van der Waals surface area contributed by atoms with Gasteiger partial charge in [-0.3, -0.25) is 10.1 Å². The zero-order chi connectivity index (χ0) is 16.0. The fourth-order valence-electron chi connectivity index (χ4n) is 2.08. The Kier molecular flexibility index (Phi) is 6.29. The summed E-state index contributed by atoms with van der Waals surface area (Å²) in [7, 11) is -3.46. The van der Waals surface area contributed by atoms with Crippen molar-refractivity contribution in [2.75, 3.05) is 12.3 Å². The molecule has 2 atom stereocenters. The molecule has 1 aromatic carbocycles. The zero-order valence-corrected chi connectivity index (χ0v) is 13.4. The first-order valence-electron chi connectivity index (χ1n) is 7.02. The average Bonchev–Trinajstić information content (AvgIpc) is 2.45. The van der Waals surface area contributed by atoms with Crippen molar-refractivity contribution in [2.24, 2.45) is 5.92 Å². The molecule has 0 aliphatic heterocycles. The van der Waals surface area contributed by atoms with E-state index in [-0.39, 0.29) is 28.3 Å². The minimum atomic E-state index is -3.46. The second-order valence-electron chi connectivity index (χ2n) is 5.08. The van der Waals surface area contributed by atoms with Crippen molar-refractivity contribution in [2.45, 2.75) is 38.1 Å². The molecule has 0 aliphatic rings. The Balaban J connectivity index is 2.95. The largest absolute Gasteiger partial charge is 0.313 e. The predicted molar refractivity (Wildman–Crippen MR) is 82.1 cm³/mol. The van der Waals surface area contributed by atoms with Crippen molar-refractivity contribution >= 4 is 15.5 Å². The van der Waals surface area contributed by atoms with Gasteiger partial charge in [0.2, 0.25) is 0 Å². The number of sulfone groups is 1. The Morgan fingerprint density at radius 1 is 1.24 bits per heavy atom. The van der Waals surface area contributed by atoms with Gasteiger partial charge in [-0.05, 0) is 24.6 Å². The molecule has 0 fully saturated rings. The van der Waals surface area contributed by atoms with Crippen LogP contribution in [0, 0.1) is 16.0 Å². The third-order valence-corrected chi connectivity index (χ3v) is 5.39. The standard InChI is InChI=1S/C14H22N2O4S/c1-4-11(3)14(15-5-2)10-21(19,20)13-8-6-12(7-9-13)16(17)18/h6-9,11,14-15H,4-5,10H2,1-3H3. The maximum absolute atomic E-state index is 12.4. The van der Waals surface area contributed by atoms with Crippen molar-refractivity contribution in [3.8, 4) is 0 Å². The van der Waals surface area contributed by atoms with Gasteiger partial charge in [-0.2, -0.15) is 0 Å². The highest BCUT2D eigenvalue weighted by molar-refractivity contribution is 7.91. The number of non-ortho nitro benzene ring substituents is 1. The number of nitro groups is 1.